The van der Waals surface area contributed by atoms with E-state index in [2.05, 4.69) is 37.3 Å². The molecule has 1 aliphatic rings. The number of ether oxygens (including phenoxy) is 1. The minimum atomic E-state index is 0.103. The van der Waals surface area contributed by atoms with Crippen molar-refractivity contribution in [3.05, 3.63) is 48.1 Å². The molecule has 0 unspecified atom stereocenters. The predicted octanol–water partition coefficient (Wildman–Crippen LogP) is 4.99. The molecule has 2 rings (SSSR count). The highest BCUT2D eigenvalue weighted by Crippen LogP contribution is 2.25. The Balaban J connectivity index is 1.78. The molecule has 0 fully saturated rings. The number of hydrogen-bond acceptors (Lipinski definition) is 1. The first-order valence-electron chi connectivity index (χ1n) is 7.00. The second kappa shape index (κ2) is 7.05. The van der Waals surface area contributed by atoms with E-state index < -0.39 is 0 Å². The number of para-hydroxylation sites is 1. The van der Waals surface area contributed by atoms with E-state index in [-0.39, 0.29) is 6.10 Å². The topological polar surface area (TPSA) is 9.23 Å². The zero-order valence-corrected chi connectivity index (χ0v) is 11.1. The lowest BCUT2D eigenvalue weighted by Gasteiger charge is -2.18. The first kappa shape index (κ1) is 12.9. The van der Waals surface area contributed by atoms with Crippen molar-refractivity contribution in [3.63, 3.8) is 0 Å². The van der Waals surface area contributed by atoms with E-state index in [1.807, 2.05) is 18.2 Å². The Morgan fingerprint density at radius 3 is 2.94 bits per heavy atom. The third-order valence-corrected chi connectivity index (χ3v) is 3.20. The Labute approximate surface area is 110 Å². The van der Waals surface area contributed by atoms with Crippen molar-refractivity contribution in [2.75, 3.05) is 0 Å². The minimum Gasteiger partial charge on any atom is -0.482 e. The smallest absolute Gasteiger partial charge is 0.135 e. The summed E-state index contributed by atoms with van der Waals surface area (Å²) in [6, 6.07) is 8.16. The molecule has 1 aromatic rings. The second-order valence-corrected chi connectivity index (χ2v) is 4.76. The monoisotopic (exact) mass is 242 g/mol. The van der Waals surface area contributed by atoms with Crippen LogP contribution in [0, 0.1) is 0 Å². The van der Waals surface area contributed by atoms with Gasteiger partial charge in [0, 0.05) is 5.56 Å². The molecule has 1 aliphatic heterocycles. The van der Waals surface area contributed by atoms with Crippen LogP contribution in [0.3, 0.4) is 0 Å². The van der Waals surface area contributed by atoms with Crippen molar-refractivity contribution in [2.24, 2.45) is 0 Å². The largest absolute Gasteiger partial charge is 0.482 e. The number of unbranched alkanes of at least 4 members (excludes halogenated alkanes) is 4. The third-order valence-electron chi connectivity index (χ3n) is 3.20. The van der Waals surface area contributed by atoms with E-state index in [9.17, 15) is 0 Å². The number of fused-ring (bicyclic) bond motifs is 1. The molecule has 0 amide bonds. The fourth-order valence-electron chi connectivity index (χ4n) is 2.13. The van der Waals surface area contributed by atoms with E-state index in [1.54, 1.807) is 0 Å². The summed E-state index contributed by atoms with van der Waals surface area (Å²) in [6.45, 7) is 2.24. The van der Waals surface area contributed by atoms with Gasteiger partial charge in [0.15, 0.2) is 0 Å². The fourth-order valence-corrected chi connectivity index (χ4v) is 2.13. The standard InChI is InChI=1S/C17H22O/c1-2-3-4-5-6-7-11-16-14-13-15-10-8-9-12-17(15)18-16/h7-14,16H,2-6H2,1H3/b11-7+/t16-/m0/s1. The summed E-state index contributed by atoms with van der Waals surface area (Å²) in [7, 11) is 0. The summed E-state index contributed by atoms with van der Waals surface area (Å²) >= 11 is 0. The van der Waals surface area contributed by atoms with Crippen LogP contribution in [0.15, 0.2) is 42.5 Å². The summed E-state index contributed by atoms with van der Waals surface area (Å²) < 4.78 is 5.89. The Hall–Kier alpha value is -1.50. The normalized spacial score (nSPS) is 17.7. The molecular weight excluding hydrogens is 220 g/mol. The molecule has 1 heterocycles. The van der Waals surface area contributed by atoms with Gasteiger partial charge in [-0.05, 0) is 31.1 Å². The maximum atomic E-state index is 5.89. The van der Waals surface area contributed by atoms with Crippen molar-refractivity contribution in [3.8, 4) is 5.75 Å². The van der Waals surface area contributed by atoms with Gasteiger partial charge in [-0.1, -0.05) is 56.5 Å². The van der Waals surface area contributed by atoms with Crippen molar-refractivity contribution < 1.29 is 4.74 Å². The van der Waals surface area contributed by atoms with Crippen LogP contribution in [-0.4, -0.2) is 6.10 Å². The summed E-state index contributed by atoms with van der Waals surface area (Å²) in [5.41, 5.74) is 1.17. The maximum absolute atomic E-state index is 5.89. The molecule has 0 radical (unpaired) electrons. The molecule has 0 aliphatic carbocycles. The number of allylic oxidation sites excluding steroid dienone is 1. The van der Waals surface area contributed by atoms with Crippen LogP contribution >= 0.6 is 0 Å². The molecule has 0 bridgehead atoms. The molecule has 1 aromatic carbocycles. The molecule has 0 N–H and O–H groups in total. The summed E-state index contributed by atoms with van der Waals surface area (Å²) in [5.74, 6) is 0.987. The average molecular weight is 242 g/mol. The highest BCUT2D eigenvalue weighted by molar-refractivity contribution is 5.60. The van der Waals surface area contributed by atoms with Gasteiger partial charge in [0.1, 0.15) is 11.9 Å². The first-order chi connectivity index (χ1) is 8.90. The van der Waals surface area contributed by atoms with Crippen LogP contribution in [-0.2, 0) is 0 Å². The van der Waals surface area contributed by atoms with Gasteiger partial charge in [0.25, 0.3) is 0 Å². The highest BCUT2D eigenvalue weighted by atomic mass is 16.5. The van der Waals surface area contributed by atoms with Crippen LogP contribution in [0.5, 0.6) is 5.75 Å². The lowest BCUT2D eigenvalue weighted by molar-refractivity contribution is 0.292. The van der Waals surface area contributed by atoms with Gasteiger partial charge in [-0.15, -0.1) is 0 Å². The quantitative estimate of drug-likeness (QED) is 0.504. The Morgan fingerprint density at radius 2 is 2.06 bits per heavy atom. The van der Waals surface area contributed by atoms with Gasteiger partial charge in [-0.25, -0.2) is 0 Å². The Bertz CT molecular complexity index is 417. The van der Waals surface area contributed by atoms with Gasteiger partial charge in [0.05, 0.1) is 0 Å². The lowest BCUT2D eigenvalue weighted by Crippen LogP contribution is -2.13. The highest BCUT2D eigenvalue weighted by Gasteiger charge is 2.10. The number of hydrogen-bond donors (Lipinski definition) is 0. The Morgan fingerprint density at radius 1 is 1.17 bits per heavy atom. The number of rotatable bonds is 6. The van der Waals surface area contributed by atoms with Crippen LogP contribution in [0.1, 0.15) is 44.6 Å². The molecule has 1 heteroatoms. The molecule has 0 saturated heterocycles. The lowest BCUT2D eigenvalue weighted by atomic mass is 10.1. The van der Waals surface area contributed by atoms with E-state index in [4.69, 9.17) is 4.74 Å². The second-order valence-electron chi connectivity index (χ2n) is 4.76. The SMILES string of the molecule is CCCCCC/C=C/[C@H]1C=Cc2ccccc2O1. The van der Waals surface area contributed by atoms with Gasteiger partial charge in [0.2, 0.25) is 0 Å². The molecule has 18 heavy (non-hydrogen) atoms. The van der Waals surface area contributed by atoms with Gasteiger partial charge in [-0.3, -0.25) is 0 Å². The molecule has 0 spiro atoms. The zero-order valence-electron chi connectivity index (χ0n) is 11.1. The van der Waals surface area contributed by atoms with Gasteiger partial charge in [-0.2, -0.15) is 0 Å². The van der Waals surface area contributed by atoms with E-state index in [0.717, 1.165) is 12.2 Å². The average Bonchev–Trinajstić information content (AvgIpc) is 2.42. The Kier molecular flexibility index (Phi) is 5.07. The van der Waals surface area contributed by atoms with E-state index in [1.165, 1.54) is 31.2 Å². The summed E-state index contributed by atoms with van der Waals surface area (Å²) in [4.78, 5) is 0. The van der Waals surface area contributed by atoms with Crippen LogP contribution in [0.4, 0.5) is 0 Å². The summed E-state index contributed by atoms with van der Waals surface area (Å²) in [6.07, 6.45) is 15.2. The minimum absolute atomic E-state index is 0.103. The molecule has 0 saturated carbocycles. The van der Waals surface area contributed by atoms with Crippen molar-refractivity contribution in [1.29, 1.82) is 0 Å². The molecular formula is C17H22O. The van der Waals surface area contributed by atoms with Crippen LogP contribution in [0.2, 0.25) is 0 Å². The molecule has 96 valence electrons. The van der Waals surface area contributed by atoms with Crippen molar-refractivity contribution >= 4 is 6.08 Å². The first-order valence-corrected chi connectivity index (χ1v) is 7.00. The van der Waals surface area contributed by atoms with Crippen molar-refractivity contribution in [1.82, 2.24) is 0 Å². The number of benzene rings is 1. The fraction of sp³-hybridized carbons (Fsp3) is 0.412. The van der Waals surface area contributed by atoms with Crippen LogP contribution < -0.4 is 4.74 Å². The molecule has 0 aromatic heterocycles. The maximum Gasteiger partial charge on any atom is 0.135 e. The van der Waals surface area contributed by atoms with E-state index >= 15 is 0 Å². The molecule has 1 atom stereocenters. The van der Waals surface area contributed by atoms with Gasteiger partial charge >= 0.3 is 0 Å². The van der Waals surface area contributed by atoms with E-state index in [0.29, 0.717) is 0 Å². The van der Waals surface area contributed by atoms with Crippen LogP contribution in [0.25, 0.3) is 6.08 Å². The van der Waals surface area contributed by atoms with Gasteiger partial charge < -0.3 is 4.74 Å². The summed E-state index contributed by atoms with van der Waals surface area (Å²) in [5, 5.41) is 0. The third kappa shape index (κ3) is 3.76. The molecule has 1 nitrogen and oxygen atoms in total. The zero-order chi connectivity index (χ0) is 12.6. The van der Waals surface area contributed by atoms with Crippen molar-refractivity contribution in [2.45, 2.75) is 45.1 Å². The predicted molar refractivity (Wildman–Crippen MR) is 77.8 cm³/mol.